The summed E-state index contributed by atoms with van der Waals surface area (Å²) in [6.45, 7) is 1.31. The van der Waals surface area contributed by atoms with E-state index in [1.807, 2.05) is 0 Å². The Labute approximate surface area is 103 Å². The molecule has 4 nitrogen and oxygen atoms in total. The average molecular weight is 245 g/mol. The van der Waals surface area contributed by atoms with Gasteiger partial charge in [0.15, 0.2) is 0 Å². The lowest BCUT2D eigenvalue weighted by Gasteiger charge is -2.16. The van der Waals surface area contributed by atoms with E-state index in [-0.39, 0.29) is 11.4 Å². The molecule has 0 spiro atoms. The second kappa shape index (κ2) is 4.34. The molecular weight excluding hydrogens is 233 g/mol. The molecule has 2 heterocycles. The van der Waals surface area contributed by atoms with Crippen molar-refractivity contribution in [1.29, 1.82) is 0 Å². The van der Waals surface area contributed by atoms with Gasteiger partial charge in [-0.3, -0.25) is 4.79 Å². The molecular formula is C13H12FN3O. The molecule has 5 heteroatoms. The number of hydrogen-bond acceptors (Lipinski definition) is 3. The van der Waals surface area contributed by atoms with Gasteiger partial charge in [-0.25, -0.2) is 9.37 Å². The molecule has 0 radical (unpaired) electrons. The lowest BCUT2D eigenvalue weighted by Crippen LogP contribution is -2.31. The molecule has 0 saturated heterocycles. The third kappa shape index (κ3) is 1.82. The van der Waals surface area contributed by atoms with Gasteiger partial charge in [-0.15, -0.1) is 0 Å². The molecule has 1 aromatic carbocycles. The fraction of sp³-hybridized carbons (Fsp3) is 0.231. The van der Waals surface area contributed by atoms with Gasteiger partial charge in [-0.2, -0.15) is 0 Å². The number of H-pyrrole nitrogens is 1. The van der Waals surface area contributed by atoms with E-state index in [1.54, 1.807) is 18.2 Å². The standard InChI is InChI=1S/C13H12FN3O/c14-10-4-2-1-3-8(10)12-16-11-5-6-15-7-9(11)13(18)17-12/h1-4,15H,5-7H2,(H,16,17,18). The van der Waals surface area contributed by atoms with Gasteiger partial charge in [-0.05, 0) is 12.1 Å². The number of halogens is 1. The van der Waals surface area contributed by atoms with Crippen molar-refractivity contribution in [3.63, 3.8) is 0 Å². The molecule has 0 aliphatic carbocycles. The van der Waals surface area contributed by atoms with Crippen LogP contribution in [0.3, 0.4) is 0 Å². The van der Waals surface area contributed by atoms with Gasteiger partial charge >= 0.3 is 0 Å². The molecule has 92 valence electrons. The summed E-state index contributed by atoms with van der Waals surface area (Å²) in [6.07, 6.45) is 0.695. The van der Waals surface area contributed by atoms with Crippen molar-refractivity contribution in [1.82, 2.24) is 15.3 Å². The predicted octanol–water partition coefficient (Wildman–Crippen LogP) is 1.22. The van der Waals surface area contributed by atoms with Crippen LogP contribution in [0, 0.1) is 5.82 Å². The fourth-order valence-corrected chi connectivity index (χ4v) is 2.13. The molecule has 0 unspecified atom stereocenters. The van der Waals surface area contributed by atoms with Gasteiger partial charge < -0.3 is 10.3 Å². The highest BCUT2D eigenvalue weighted by atomic mass is 19.1. The zero-order valence-corrected chi connectivity index (χ0v) is 9.66. The second-order valence-electron chi connectivity index (χ2n) is 4.25. The minimum absolute atomic E-state index is 0.189. The zero-order valence-electron chi connectivity index (χ0n) is 9.66. The van der Waals surface area contributed by atoms with Crippen molar-refractivity contribution in [3.05, 3.63) is 51.7 Å². The largest absolute Gasteiger partial charge is 0.312 e. The Hall–Kier alpha value is -2.01. The molecule has 3 rings (SSSR count). The lowest BCUT2D eigenvalue weighted by atomic mass is 10.1. The summed E-state index contributed by atoms with van der Waals surface area (Å²) in [5.41, 5.74) is 1.55. The quantitative estimate of drug-likeness (QED) is 0.794. The van der Waals surface area contributed by atoms with E-state index in [2.05, 4.69) is 15.3 Å². The van der Waals surface area contributed by atoms with Gasteiger partial charge in [0.25, 0.3) is 5.56 Å². The van der Waals surface area contributed by atoms with Crippen LogP contribution in [0.4, 0.5) is 4.39 Å². The van der Waals surface area contributed by atoms with Gasteiger partial charge in [0, 0.05) is 19.5 Å². The van der Waals surface area contributed by atoms with Crippen LogP contribution in [0.2, 0.25) is 0 Å². The van der Waals surface area contributed by atoms with Crippen LogP contribution >= 0.6 is 0 Å². The first-order chi connectivity index (χ1) is 8.75. The van der Waals surface area contributed by atoms with Crippen LogP contribution in [0.15, 0.2) is 29.1 Å². The van der Waals surface area contributed by atoms with Crippen LogP contribution in [0.1, 0.15) is 11.3 Å². The Morgan fingerprint density at radius 3 is 2.94 bits per heavy atom. The first kappa shape index (κ1) is 11.1. The monoisotopic (exact) mass is 245 g/mol. The molecule has 1 aromatic heterocycles. The highest BCUT2D eigenvalue weighted by molar-refractivity contribution is 5.55. The van der Waals surface area contributed by atoms with E-state index in [9.17, 15) is 9.18 Å². The van der Waals surface area contributed by atoms with Crippen LogP contribution in [0.5, 0.6) is 0 Å². The third-order valence-electron chi connectivity index (χ3n) is 3.07. The van der Waals surface area contributed by atoms with Crippen molar-refractivity contribution in [2.75, 3.05) is 6.54 Å². The number of aromatic nitrogens is 2. The average Bonchev–Trinajstić information content (AvgIpc) is 2.39. The van der Waals surface area contributed by atoms with Gasteiger partial charge in [0.1, 0.15) is 11.6 Å². The number of rotatable bonds is 1. The normalized spacial score (nSPS) is 14.3. The summed E-state index contributed by atoms with van der Waals surface area (Å²) in [6, 6.07) is 6.30. The summed E-state index contributed by atoms with van der Waals surface area (Å²) >= 11 is 0. The Balaban J connectivity index is 2.17. The topological polar surface area (TPSA) is 57.8 Å². The van der Waals surface area contributed by atoms with E-state index in [4.69, 9.17) is 0 Å². The number of fused-ring (bicyclic) bond motifs is 1. The molecule has 2 aromatic rings. The first-order valence-electron chi connectivity index (χ1n) is 5.83. The molecule has 0 bridgehead atoms. The fourth-order valence-electron chi connectivity index (χ4n) is 2.13. The van der Waals surface area contributed by atoms with Gasteiger partial charge in [0.05, 0.1) is 16.8 Å². The predicted molar refractivity (Wildman–Crippen MR) is 65.7 cm³/mol. The maximum atomic E-state index is 13.7. The summed E-state index contributed by atoms with van der Waals surface area (Å²) in [7, 11) is 0. The molecule has 18 heavy (non-hydrogen) atoms. The van der Waals surface area contributed by atoms with Crippen molar-refractivity contribution in [3.8, 4) is 11.4 Å². The number of aromatic amines is 1. The Morgan fingerprint density at radius 1 is 1.28 bits per heavy atom. The van der Waals surface area contributed by atoms with E-state index >= 15 is 0 Å². The Morgan fingerprint density at radius 2 is 2.11 bits per heavy atom. The molecule has 0 saturated carbocycles. The van der Waals surface area contributed by atoms with E-state index in [1.165, 1.54) is 6.07 Å². The molecule has 0 atom stereocenters. The van der Waals surface area contributed by atoms with E-state index in [0.717, 1.165) is 12.2 Å². The zero-order chi connectivity index (χ0) is 12.5. The maximum Gasteiger partial charge on any atom is 0.255 e. The molecule has 1 aliphatic heterocycles. The number of nitrogens with one attached hydrogen (secondary N) is 2. The Bertz CT molecular complexity index is 651. The molecule has 2 N–H and O–H groups in total. The maximum absolute atomic E-state index is 13.7. The van der Waals surface area contributed by atoms with Gasteiger partial charge in [0.2, 0.25) is 0 Å². The molecule has 0 amide bonds. The lowest BCUT2D eigenvalue weighted by molar-refractivity contribution is 0.616. The third-order valence-corrected chi connectivity index (χ3v) is 3.07. The van der Waals surface area contributed by atoms with E-state index < -0.39 is 0 Å². The SMILES string of the molecule is O=c1[nH]c(-c2ccccc2F)nc2c1CNCC2. The van der Waals surface area contributed by atoms with Crippen molar-refractivity contribution in [2.45, 2.75) is 13.0 Å². The van der Waals surface area contributed by atoms with Gasteiger partial charge in [-0.1, -0.05) is 12.1 Å². The number of benzene rings is 1. The number of hydrogen-bond donors (Lipinski definition) is 2. The first-order valence-corrected chi connectivity index (χ1v) is 5.83. The summed E-state index contributed by atoms with van der Waals surface area (Å²) in [4.78, 5) is 18.9. The smallest absolute Gasteiger partial charge is 0.255 e. The van der Waals surface area contributed by atoms with E-state index in [0.29, 0.717) is 29.9 Å². The minimum Gasteiger partial charge on any atom is -0.312 e. The molecule has 0 fully saturated rings. The van der Waals surface area contributed by atoms with Crippen molar-refractivity contribution in [2.24, 2.45) is 0 Å². The van der Waals surface area contributed by atoms with Crippen LogP contribution < -0.4 is 10.9 Å². The van der Waals surface area contributed by atoms with Crippen LogP contribution in [0.25, 0.3) is 11.4 Å². The van der Waals surface area contributed by atoms with Crippen LogP contribution in [-0.4, -0.2) is 16.5 Å². The Kier molecular flexibility index (Phi) is 2.68. The highest BCUT2D eigenvalue weighted by Crippen LogP contribution is 2.19. The summed E-state index contributed by atoms with van der Waals surface area (Å²) in [5.74, 6) is -0.0757. The van der Waals surface area contributed by atoms with Crippen molar-refractivity contribution >= 4 is 0 Å². The number of nitrogens with zero attached hydrogens (tertiary/aromatic N) is 1. The minimum atomic E-state index is -0.380. The van der Waals surface area contributed by atoms with Crippen LogP contribution in [-0.2, 0) is 13.0 Å². The van der Waals surface area contributed by atoms with Crippen molar-refractivity contribution < 1.29 is 4.39 Å². The summed E-state index contributed by atoms with van der Waals surface area (Å²) < 4.78 is 13.7. The molecule has 1 aliphatic rings. The summed E-state index contributed by atoms with van der Waals surface area (Å²) in [5, 5.41) is 3.12. The highest BCUT2D eigenvalue weighted by Gasteiger charge is 2.16. The second-order valence-corrected chi connectivity index (χ2v) is 4.25.